The molecule has 0 N–H and O–H groups in total. The van der Waals surface area contributed by atoms with Gasteiger partial charge >= 0.3 is 6.55 Å². The van der Waals surface area contributed by atoms with Gasteiger partial charge in [0, 0.05) is 41.0 Å². The Balaban J connectivity index is 1.50. The molecule has 1 aromatic carbocycles. The van der Waals surface area contributed by atoms with E-state index in [4.69, 9.17) is 4.74 Å². The molecule has 0 amide bonds. The van der Waals surface area contributed by atoms with Gasteiger partial charge in [-0.05, 0) is 77.9 Å². The summed E-state index contributed by atoms with van der Waals surface area (Å²) >= 11 is 3.41. The first kappa shape index (κ1) is 25.4. The number of ether oxygens (including phenoxy) is 1. The highest BCUT2D eigenvalue weighted by Crippen LogP contribution is 2.35. The van der Waals surface area contributed by atoms with Crippen LogP contribution in [0.4, 0.5) is 13.2 Å². The highest BCUT2D eigenvalue weighted by atomic mass is 79.9. The van der Waals surface area contributed by atoms with Crippen LogP contribution in [-0.2, 0) is 19.4 Å². The monoisotopic (exact) mass is 574 g/mol. The molecule has 1 saturated carbocycles. The van der Waals surface area contributed by atoms with Crippen molar-refractivity contribution in [3.8, 4) is 17.0 Å². The van der Waals surface area contributed by atoms with E-state index < -0.39 is 18.5 Å². The van der Waals surface area contributed by atoms with E-state index in [1.165, 1.54) is 31.0 Å². The number of alkyl halides is 2. The fourth-order valence-electron chi connectivity index (χ4n) is 4.28. The Labute approximate surface area is 220 Å². The zero-order chi connectivity index (χ0) is 26.1. The summed E-state index contributed by atoms with van der Waals surface area (Å²) in [5, 5.41) is 12.6. The van der Waals surface area contributed by atoms with Crippen LogP contribution in [0.15, 0.2) is 47.3 Å². The minimum absolute atomic E-state index is 0.253. The Morgan fingerprint density at radius 3 is 2.68 bits per heavy atom. The summed E-state index contributed by atoms with van der Waals surface area (Å²) in [4.78, 5) is 4.78. The van der Waals surface area contributed by atoms with Crippen molar-refractivity contribution in [1.82, 2.24) is 29.8 Å². The van der Waals surface area contributed by atoms with Crippen molar-refractivity contribution >= 4 is 15.9 Å². The van der Waals surface area contributed by atoms with E-state index in [-0.39, 0.29) is 12.1 Å². The largest absolute Gasteiger partial charge is 0.484 e. The van der Waals surface area contributed by atoms with Crippen LogP contribution < -0.4 is 4.74 Å². The van der Waals surface area contributed by atoms with Gasteiger partial charge in [-0.15, -0.1) is 9.90 Å². The van der Waals surface area contributed by atoms with Crippen molar-refractivity contribution in [2.24, 2.45) is 5.92 Å². The van der Waals surface area contributed by atoms with E-state index in [0.29, 0.717) is 39.7 Å². The average Bonchev–Trinajstić information content (AvgIpc) is 3.40. The second-order valence-corrected chi connectivity index (χ2v) is 10.1. The summed E-state index contributed by atoms with van der Waals surface area (Å²) in [5.41, 5.74) is 3.13. The minimum Gasteiger partial charge on any atom is -0.484 e. The van der Waals surface area contributed by atoms with Crippen molar-refractivity contribution in [3.63, 3.8) is 0 Å². The van der Waals surface area contributed by atoms with Crippen molar-refractivity contribution < 1.29 is 17.9 Å². The molecule has 7 nitrogen and oxygen atoms in total. The summed E-state index contributed by atoms with van der Waals surface area (Å²) < 4.78 is 50.5. The van der Waals surface area contributed by atoms with Gasteiger partial charge in [-0.3, -0.25) is 9.67 Å². The highest BCUT2D eigenvalue weighted by Gasteiger charge is 2.25. The van der Waals surface area contributed by atoms with Crippen LogP contribution in [0.25, 0.3) is 11.3 Å². The van der Waals surface area contributed by atoms with E-state index in [1.54, 1.807) is 25.4 Å². The van der Waals surface area contributed by atoms with Gasteiger partial charge in [-0.25, -0.2) is 4.39 Å². The molecule has 0 aliphatic heterocycles. The van der Waals surface area contributed by atoms with E-state index in [0.717, 1.165) is 22.3 Å². The van der Waals surface area contributed by atoms with Gasteiger partial charge in [0.25, 0.3) is 0 Å². The van der Waals surface area contributed by atoms with Crippen LogP contribution in [0.2, 0.25) is 0 Å². The maximum absolute atomic E-state index is 14.4. The van der Waals surface area contributed by atoms with Crippen LogP contribution in [0.5, 0.6) is 5.75 Å². The molecule has 0 bridgehead atoms. The summed E-state index contributed by atoms with van der Waals surface area (Å²) in [7, 11) is 0. The van der Waals surface area contributed by atoms with Crippen LogP contribution in [0.1, 0.15) is 61.9 Å². The van der Waals surface area contributed by atoms with Crippen LogP contribution in [-0.4, -0.2) is 29.8 Å². The molecular formula is C26H26BrF3N6O. The summed E-state index contributed by atoms with van der Waals surface area (Å²) in [6, 6.07) is 5.96. The lowest BCUT2D eigenvalue weighted by molar-refractivity contribution is 0.0412. The lowest BCUT2D eigenvalue weighted by atomic mass is 9.97. The zero-order valence-electron chi connectivity index (χ0n) is 20.4. The Bertz CT molecular complexity index is 1400. The first-order chi connectivity index (χ1) is 17.8. The van der Waals surface area contributed by atoms with E-state index in [1.807, 2.05) is 17.8 Å². The molecule has 37 heavy (non-hydrogen) atoms. The number of hydrogen-bond acceptors (Lipinski definition) is 5. The first-order valence-corrected chi connectivity index (χ1v) is 13.0. The average molecular weight is 575 g/mol. The highest BCUT2D eigenvalue weighted by molar-refractivity contribution is 9.10. The number of rotatable bonds is 10. The molecule has 11 heteroatoms. The predicted molar refractivity (Wildman–Crippen MR) is 135 cm³/mol. The lowest BCUT2D eigenvalue weighted by Crippen LogP contribution is -2.08. The molecule has 1 aliphatic rings. The predicted octanol–water partition coefficient (Wildman–Crippen LogP) is 6.54. The van der Waals surface area contributed by atoms with Gasteiger partial charge in [0.05, 0.1) is 17.6 Å². The zero-order valence-corrected chi connectivity index (χ0v) is 22.0. The van der Waals surface area contributed by atoms with Crippen molar-refractivity contribution in [3.05, 3.63) is 75.7 Å². The Kier molecular flexibility index (Phi) is 7.32. The molecule has 0 radical (unpaired) electrons. The minimum atomic E-state index is -2.91. The molecule has 1 fully saturated rings. The molecule has 0 spiro atoms. The molecule has 1 atom stereocenters. The van der Waals surface area contributed by atoms with Gasteiger partial charge in [0.15, 0.2) is 0 Å². The Morgan fingerprint density at radius 1 is 1.14 bits per heavy atom. The maximum atomic E-state index is 14.4. The number of hydrogen-bond donors (Lipinski definition) is 0. The number of aromatic nitrogens is 6. The van der Waals surface area contributed by atoms with Crippen LogP contribution in [0, 0.1) is 11.7 Å². The number of benzene rings is 1. The molecule has 3 heterocycles. The molecule has 0 saturated heterocycles. The SMILES string of the molecule is CCc1ncc(Br)cc1O[C@H](C)c1cc(F)ccc1-c1nn(C(F)F)nc1Cc1cnn(CC2CC2)c1. The van der Waals surface area contributed by atoms with Crippen molar-refractivity contribution in [1.29, 1.82) is 0 Å². The summed E-state index contributed by atoms with van der Waals surface area (Å²) in [5.74, 6) is 0.737. The third-order valence-electron chi connectivity index (χ3n) is 6.32. The second-order valence-electron chi connectivity index (χ2n) is 9.23. The molecule has 194 valence electrons. The van der Waals surface area contributed by atoms with Crippen molar-refractivity contribution in [2.45, 2.75) is 58.7 Å². The van der Waals surface area contributed by atoms with E-state index in [2.05, 4.69) is 36.2 Å². The standard InChI is InChI=1S/C26H26BrF3N6O/c1-3-22-24(9-18(27)12-31-22)37-15(2)21-10-19(28)6-7-20(21)25-23(33-36(34-25)26(29)30)8-17-11-32-35(14-17)13-16-4-5-16/h6-7,9-12,14-16,26H,3-5,8,13H2,1-2H3/t15-/m1/s1. The fraction of sp³-hybridized carbons (Fsp3) is 0.385. The lowest BCUT2D eigenvalue weighted by Gasteiger charge is -2.20. The smallest absolute Gasteiger partial charge is 0.348 e. The molecule has 4 aromatic rings. The number of halogens is 4. The quantitative estimate of drug-likeness (QED) is 0.215. The van der Waals surface area contributed by atoms with Crippen LogP contribution in [0.3, 0.4) is 0 Å². The van der Waals surface area contributed by atoms with E-state index >= 15 is 0 Å². The number of pyridine rings is 1. The van der Waals surface area contributed by atoms with Gasteiger partial charge in [0.1, 0.15) is 23.4 Å². The Morgan fingerprint density at radius 2 is 1.95 bits per heavy atom. The molecule has 1 aliphatic carbocycles. The summed E-state index contributed by atoms with van der Waals surface area (Å²) in [6.07, 6.45) is 7.99. The third-order valence-corrected chi connectivity index (χ3v) is 6.75. The second kappa shape index (κ2) is 10.6. The summed E-state index contributed by atoms with van der Waals surface area (Å²) in [6.45, 7) is 1.67. The van der Waals surface area contributed by atoms with Crippen molar-refractivity contribution in [2.75, 3.05) is 0 Å². The number of aryl methyl sites for hydroxylation is 1. The topological polar surface area (TPSA) is 70.7 Å². The fourth-order valence-corrected chi connectivity index (χ4v) is 4.59. The van der Waals surface area contributed by atoms with E-state index in [9.17, 15) is 13.2 Å². The molecule has 3 aromatic heterocycles. The van der Waals surface area contributed by atoms with Gasteiger partial charge in [-0.1, -0.05) is 6.92 Å². The number of nitrogens with zero attached hydrogens (tertiary/aromatic N) is 6. The van der Waals surface area contributed by atoms with Gasteiger partial charge < -0.3 is 4.74 Å². The van der Waals surface area contributed by atoms with Crippen LogP contribution >= 0.6 is 15.9 Å². The Hall–Kier alpha value is -3.21. The normalized spacial score (nSPS) is 14.4. The van der Waals surface area contributed by atoms with Gasteiger partial charge in [0.2, 0.25) is 0 Å². The van der Waals surface area contributed by atoms with Gasteiger partial charge in [-0.2, -0.15) is 19.0 Å². The molecular weight excluding hydrogens is 549 g/mol. The molecule has 0 unspecified atom stereocenters. The first-order valence-electron chi connectivity index (χ1n) is 12.2. The molecule has 5 rings (SSSR count). The third kappa shape index (κ3) is 5.87. The maximum Gasteiger partial charge on any atom is 0.348 e.